The minimum Gasteiger partial charge on any atom is -0.494 e. The number of nitrogens with one attached hydrogen (secondary N) is 1. The standard InChI is InChI=1S/C17H22N2OS/c1-3-20-17-7-5-4-6-15(17)16(19-18)12-21-14-10-8-13(2)9-11-14/h4-11,16,19H,3,12,18H2,1-2H3. The maximum absolute atomic E-state index is 5.74. The molecular weight excluding hydrogens is 280 g/mol. The van der Waals surface area contributed by atoms with Crippen molar-refractivity contribution in [3.05, 3.63) is 59.7 Å². The van der Waals surface area contributed by atoms with Crippen LogP contribution < -0.4 is 16.0 Å². The van der Waals surface area contributed by atoms with Crippen LogP contribution in [0.2, 0.25) is 0 Å². The first kappa shape index (κ1) is 15.9. The van der Waals surface area contributed by atoms with E-state index < -0.39 is 0 Å². The van der Waals surface area contributed by atoms with Gasteiger partial charge in [0.1, 0.15) is 5.75 Å². The predicted molar refractivity (Wildman–Crippen MR) is 89.6 cm³/mol. The van der Waals surface area contributed by atoms with E-state index in [4.69, 9.17) is 10.6 Å². The van der Waals surface area contributed by atoms with Gasteiger partial charge in [0.25, 0.3) is 0 Å². The fourth-order valence-corrected chi connectivity index (χ4v) is 3.06. The largest absolute Gasteiger partial charge is 0.494 e. The molecule has 0 radical (unpaired) electrons. The molecule has 0 amide bonds. The zero-order valence-corrected chi connectivity index (χ0v) is 13.3. The van der Waals surface area contributed by atoms with Crippen molar-refractivity contribution in [1.29, 1.82) is 0 Å². The average Bonchev–Trinajstić information content (AvgIpc) is 2.51. The van der Waals surface area contributed by atoms with Gasteiger partial charge in [-0.2, -0.15) is 0 Å². The first-order chi connectivity index (χ1) is 10.2. The van der Waals surface area contributed by atoms with E-state index in [2.05, 4.69) is 42.7 Å². The maximum Gasteiger partial charge on any atom is 0.124 e. The summed E-state index contributed by atoms with van der Waals surface area (Å²) in [6, 6.07) is 16.6. The highest BCUT2D eigenvalue weighted by molar-refractivity contribution is 7.99. The molecular formula is C17H22N2OS. The summed E-state index contributed by atoms with van der Waals surface area (Å²) in [5.74, 6) is 7.49. The molecule has 0 aromatic heterocycles. The highest BCUT2D eigenvalue weighted by atomic mass is 32.2. The molecule has 0 saturated carbocycles. The second kappa shape index (κ2) is 8.08. The molecule has 1 atom stereocenters. The minimum atomic E-state index is 0.0547. The first-order valence-corrected chi connectivity index (χ1v) is 8.10. The number of benzene rings is 2. The lowest BCUT2D eigenvalue weighted by Gasteiger charge is -2.19. The summed E-state index contributed by atoms with van der Waals surface area (Å²) in [4.78, 5) is 1.25. The predicted octanol–water partition coefficient (Wildman–Crippen LogP) is 3.69. The molecule has 4 heteroatoms. The molecule has 0 fully saturated rings. The van der Waals surface area contributed by atoms with E-state index in [1.807, 2.05) is 25.1 Å². The average molecular weight is 302 g/mol. The summed E-state index contributed by atoms with van der Waals surface area (Å²) in [5.41, 5.74) is 5.27. The van der Waals surface area contributed by atoms with Gasteiger partial charge >= 0.3 is 0 Å². The lowest BCUT2D eigenvalue weighted by atomic mass is 10.1. The topological polar surface area (TPSA) is 47.3 Å². The second-order valence-corrected chi connectivity index (χ2v) is 5.91. The van der Waals surface area contributed by atoms with Crippen LogP contribution in [0.1, 0.15) is 24.1 Å². The fraction of sp³-hybridized carbons (Fsp3) is 0.294. The van der Waals surface area contributed by atoms with E-state index in [0.717, 1.165) is 17.1 Å². The lowest BCUT2D eigenvalue weighted by molar-refractivity contribution is 0.333. The summed E-state index contributed by atoms with van der Waals surface area (Å²) >= 11 is 1.79. The van der Waals surface area contributed by atoms with E-state index in [1.165, 1.54) is 10.5 Å². The molecule has 0 saturated heterocycles. The Labute approximate surface area is 130 Å². The van der Waals surface area contributed by atoms with Gasteiger partial charge in [0.05, 0.1) is 12.6 Å². The van der Waals surface area contributed by atoms with Crippen molar-refractivity contribution in [3.8, 4) is 5.75 Å². The van der Waals surface area contributed by atoms with Crippen LogP contribution in [0.4, 0.5) is 0 Å². The number of thioether (sulfide) groups is 1. The van der Waals surface area contributed by atoms with Crippen LogP contribution >= 0.6 is 11.8 Å². The van der Waals surface area contributed by atoms with E-state index in [9.17, 15) is 0 Å². The lowest BCUT2D eigenvalue weighted by Crippen LogP contribution is -2.30. The molecule has 3 N–H and O–H groups in total. The molecule has 0 aliphatic rings. The Morgan fingerprint density at radius 1 is 1.14 bits per heavy atom. The molecule has 0 aliphatic carbocycles. The van der Waals surface area contributed by atoms with Crippen LogP contribution in [0.5, 0.6) is 5.75 Å². The first-order valence-electron chi connectivity index (χ1n) is 7.12. The number of hydrogen-bond donors (Lipinski definition) is 2. The molecule has 0 heterocycles. The highest BCUT2D eigenvalue weighted by Gasteiger charge is 2.15. The van der Waals surface area contributed by atoms with Gasteiger partial charge in [0.15, 0.2) is 0 Å². The number of hydrogen-bond acceptors (Lipinski definition) is 4. The molecule has 0 aliphatic heterocycles. The van der Waals surface area contributed by atoms with Gasteiger partial charge in [0.2, 0.25) is 0 Å². The van der Waals surface area contributed by atoms with Gasteiger partial charge in [-0.15, -0.1) is 11.8 Å². The Kier molecular flexibility index (Phi) is 6.11. The molecule has 0 bridgehead atoms. The molecule has 112 valence electrons. The number of rotatable bonds is 7. The molecule has 0 spiro atoms. The smallest absolute Gasteiger partial charge is 0.124 e. The van der Waals surface area contributed by atoms with Gasteiger partial charge < -0.3 is 4.74 Å². The van der Waals surface area contributed by atoms with Crippen molar-refractivity contribution in [2.75, 3.05) is 12.4 Å². The number of ether oxygens (including phenoxy) is 1. The van der Waals surface area contributed by atoms with Crippen molar-refractivity contribution >= 4 is 11.8 Å². The van der Waals surface area contributed by atoms with Gasteiger partial charge in [-0.25, -0.2) is 0 Å². The molecule has 2 aromatic rings. The third-order valence-electron chi connectivity index (χ3n) is 3.23. The minimum absolute atomic E-state index is 0.0547. The van der Waals surface area contributed by atoms with E-state index >= 15 is 0 Å². The highest BCUT2D eigenvalue weighted by Crippen LogP contribution is 2.29. The summed E-state index contributed by atoms with van der Waals surface area (Å²) in [6.45, 7) is 4.74. The number of para-hydroxylation sites is 1. The van der Waals surface area contributed by atoms with Crippen molar-refractivity contribution in [2.24, 2.45) is 5.84 Å². The van der Waals surface area contributed by atoms with Crippen LogP contribution in [-0.4, -0.2) is 12.4 Å². The quantitative estimate of drug-likeness (QED) is 0.465. The van der Waals surface area contributed by atoms with Crippen LogP contribution in [0.25, 0.3) is 0 Å². The van der Waals surface area contributed by atoms with Crippen LogP contribution in [0, 0.1) is 6.92 Å². The van der Waals surface area contributed by atoms with Gasteiger partial charge in [-0.05, 0) is 32.0 Å². The summed E-state index contributed by atoms with van der Waals surface area (Å²) in [5, 5.41) is 0. The maximum atomic E-state index is 5.74. The Bertz CT molecular complexity index is 557. The zero-order chi connectivity index (χ0) is 15.1. The van der Waals surface area contributed by atoms with Crippen LogP contribution in [-0.2, 0) is 0 Å². The fourth-order valence-electron chi connectivity index (χ4n) is 2.10. The summed E-state index contributed by atoms with van der Waals surface area (Å²) in [6.07, 6.45) is 0. The number of nitrogens with two attached hydrogens (primary N) is 1. The second-order valence-electron chi connectivity index (χ2n) is 4.81. The molecule has 2 rings (SSSR count). The zero-order valence-electron chi connectivity index (χ0n) is 12.5. The Morgan fingerprint density at radius 2 is 1.86 bits per heavy atom. The third kappa shape index (κ3) is 4.49. The van der Waals surface area contributed by atoms with Gasteiger partial charge in [-0.1, -0.05) is 35.9 Å². The Balaban J connectivity index is 2.07. The van der Waals surface area contributed by atoms with Crippen molar-refractivity contribution in [2.45, 2.75) is 24.8 Å². The molecule has 2 aromatic carbocycles. The molecule has 3 nitrogen and oxygen atoms in total. The Hall–Kier alpha value is -1.49. The number of hydrazine groups is 1. The van der Waals surface area contributed by atoms with Crippen LogP contribution in [0.3, 0.4) is 0 Å². The van der Waals surface area contributed by atoms with Crippen molar-refractivity contribution in [1.82, 2.24) is 5.43 Å². The van der Waals surface area contributed by atoms with Gasteiger partial charge in [0, 0.05) is 16.2 Å². The Morgan fingerprint density at radius 3 is 2.52 bits per heavy atom. The summed E-state index contributed by atoms with van der Waals surface area (Å²) in [7, 11) is 0. The SMILES string of the molecule is CCOc1ccccc1C(CSc1ccc(C)cc1)NN. The monoisotopic (exact) mass is 302 g/mol. The van der Waals surface area contributed by atoms with Crippen molar-refractivity contribution < 1.29 is 4.74 Å². The van der Waals surface area contributed by atoms with Gasteiger partial charge in [-0.3, -0.25) is 11.3 Å². The van der Waals surface area contributed by atoms with E-state index in [-0.39, 0.29) is 6.04 Å². The van der Waals surface area contributed by atoms with Crippen molar-refractivity contribution in [3.63, 3.8) is 0 Å². The third-order valence-corrected chi connectivity index (χ3v) is 4.34. The summed E-state index contributed by atoms with van der Waals surface area (Å²) < 4.78 is 5.68. The molecule has 1 unspecified atom stereocenters. The van der Waals surface area contributed by atoms with E-state index in [1.54, 1.807) is 11.8 Å². The normalized spacial score (nSPS) is 12.1. The molecule has 21 heavy (non-hydrogen) atoms. The number of aryl methyl sites for hydroxylation is 1. The van der Waals surface area contributed by atoms with Crippen LogP contribution in [0.15, 0.2) is 53.4 Å². The van der Waals surface area contributed by atoms with E-state index in [0.29, 0.717) is 6.61 Å².